The van der Waals surface area contributed by atoms with Crippen LogP contribution in [0, 0.1) is 6.92 Å². The lowest BCUT2D eigenvalue weighted by molar-refractivity contribution is 0.570. The van der Waals surface area contributed by atoms with Crippen LogP contribution in [0.25, 0.3) is 17.0 Å². The molecule has 0 saturated heterocycles. The van der Waals surface area contributed by atoms with Gasteiger partial charge in [-0.2, -0.15) is 0 Å². The molecule has 0 amide bonds. The summed E-state index contributed by atoms with van der Waals surface area (Å²) < 4.78 is 6.81. The topological polar surface area (TPSA) is 56.2 Å². The van der Waals surface area contributed by atoms with Crippen LogP contribution in [0.5, 0.6) is 0 Å². The zero-order chi connectivity index (χ0) is 12.0. The highest BCUT2D eigenvalue weighted by atomic mass is 35.5. The van der Waals surface area contributed by atoms with E-state index in [0.717, 1.165) is 0 Å². The van der Waals surface area contributed by atoms with Crippen LogP contribution in [0.15, 0.2) is 22.8 Å². The summed E-state index contributed by atoms with van der Waals surface area (Å²) in [6.45, 7) is 1.82. The third kappa shape index (κ3) is 1.59. The summed E-state index contributed by atoms with van der Waals surface area (Å²) in [7, 11) is 0. The molecule has 0 atom stereocenters. The number of hydrogen-bond acceptors (Lipinski definition) is 4. The van der Waals surface area contributed by atoms with Gasteiger partial charge in [-0.3, -0.25) is 4.40 Å². The summed E-state index contributed by atoms with van der Waals surface area (Å²) in [4.78, 5) is 4.15. The fraction of sp³-hybridized carbons (Fsp3) is 0.100. The summed E-state index contributed by atoms with van der Waals surface area (Å²) >= 11 is 11.8. The van der Waals surface area contributed by atoms with Crippen molar-refractivity contribution in [3.8, 4) is 11.4 Å². The van der Waals surface area contributed by atoms with Crippen molar-refractivity contribution in [1.82, 2.24) is 19.6 Å². The first kappa shape index (κ1) is 10.6. The Labute approximate surface area is 106 Å². The Morgan fingerprint density at radius 2 is 2.12 bits per heavy atom. The molecule has 3 aromatic rings. The van der Waals surface area contributed by atoms with Gasteiger partial charge in [-0.05, 0) is 24.6 Å². The van der Waals surface area contributed by atoms with E-state index in [0.29, 0.717) is 28.0 Å². The normalized spacial score (nSPS) is 11.2. The molecule has 0 aliphatic heterocycles. The number of aromatic nitrogens is 4. The largest absolute Gasteiger partial charge is 0.452 e. The molecule has 0 aliphatic carbocycles. The molecule has 0 N–H and O–H groups in total. The van der Waals surface area contributed by atoms with Gasteiger partial charge in [0.25, 0.3) is 0 Å². The van der Waals surface area contributed by atoms with Crippen LogP contribution in [-0.2, 0) is 0 Å². The molecule has 0 unspecified atom stereocenters. The van der Waals surface area contributed by atoms with Gasteiger partial charge in [0.15, 0.2) is 11.5 Å². The van der Waals surface area contributed by atoms with Crippen molar-refractivity contribution in [2.45, 2.75) is 6.92 Å². The van der Waals surface area contributed by atoms with Gasteiger partial charge in [0.05, 0.1) is 11.8 Å². The molecule has 7 heteroatoms. The second-order valence-corrected chi connectivity index (χ2v) is 4.18. The minimum Gasteiger partial charge on any atom is -0.452 e. The van der Waals surface area contributed by atoms with E-state index in [9.17, 15) is 0 Å². The third-order valence-corrected chi connectivity index (χ3v) is 2.87. The Morgan fingerprint density at radius 3 is 2.82 bits per heavy atom. The summed E-state index contributed by atoms with van der Waals surface area (Å²) in [6.07, 6.45) is 1.50. The summed E-state index contributed by atoms with van der Waals surface area (Å²) in [5.41, 5.74) is 1.29. The number of halogens is 2. The average molecular weight is 269 g/mol. The van der Waals surface area contributed by atoms with Crippen molar-refractivity contribution in [2.75, 3.05) is 0 Å². The van der Waals surface area contributed by atoms with E-state index in [-0.39, 0.29) is 5.22 Å². The van der Waals surface area contributed by atoms with Gasteiger partial charge >= 0.3 is 0 Å². The molecule has 3 heterocycles. The standard InChI is InChI=1S/C10H6Cl2N4O/c1-5-13-7(11)4-8-14-15-10(16(5)8)6-2-3-17-9(6)12/h2-4H,1H3. The molecule has 0 fully saturated rings. The van der Waals surface area contributed by atoms with E-state index < -0.39 is 0 Å². The van der Waals surface area contributed by atoms with E-state index in [1.165, 1.54) is 6.26 Å². The second kappa shape index (κ2) is 3.72. The number of hydrogen-bond donors (Lipinski definition) is 0. The molecular weight excluding hydrogens is 263 g/mol. The number of nitrogens with zero attached hydrogens (tertiary/aromatic N) is 4. The number of fused-ring (bicyclic) bond motifs is 1. The molecule has 0 aliphatic rings. The Kier molecular flexibility index (Phi) is 2.31. The van der Waals surface area contributed by atoms with Crippen molar-refractivity contribution >= 4 is 28.8 Å². The molecule has 0 saturated carbocycles. The summed E-state index contributed by atoms with van der Waals surface area (Å²) in [6, 6.07) is 3.37. The second-order valence-electron chi connectivity index (χ2n) is 3.45. The van der Waals surface area contributed by atoms with Gasteiger partial charge in [-0.25, -0.2) is 4.98 Å². The molecule has 17 heavy (non-hydrogen) atoms. The Bertz CT molecular complexity index is 703. The molecule has 3 rings (SSSR count). The van der Waals surface area contributed by atoms with E-state index in [2.05, 4.69) is 15.2 Å². The zero-order valence-corrected chi connectivity index (χ0v) is 10.2. The van der Waals surface area contributed by atoms with Crippen molar-refractivity contribution in [2.24, 2.45) is 0 Å². The lowest BCUT2D eigenvalue weighted by Gasteiger charge is -2.01. The first-order valence-corrected chi connectivity index (χ1v) is 5.54. The summed E-state index contributed by atoms with van der Waals surface area (Å²) in [5.74, 6) is 1.27. The van der Waals surface area contributed by atoms with Crippen molar-refractivity contribution in [1.29, 1.82) is 0 Å². The van der Waals surface area contributed by atoms with E-state index in [1.807, 2.05) is 6.92 Å². The fourth-order valence-corrected chi connectivity index (χ4v) is 2.10. The van der Waals surface area contributed by atoms with Gasteiger partial charge in [0.1, 0.15) is 11.0 Å². The quantitative estimate of drug-likeness (QED) is 0.637. The number of aryl methyl sites for hydroxylation is 1. The van der Waals surface area contributed by atoms with Crippen molar-refractivity contribution < 1.29 is 4.42 Å². The fourth-order valence-electron chi connectivity index (χ4n) is 1.68. The molecule has 5 nitrogen and oxygen atoms in total. The lowest BCUT2D eigenvalue weighted by Crippen LogP contribution is -1.97. The molecular formula is C10H6Cl2N4O. The predicted molar refractivity (Wildman–Crippen MR) is 63.2 cm³/mol. The predicted octanol–water partition coefficient (Wildman–Crippen LogP) is 3.00. The van der Waals surface area contributed by atoms with E-state index in [1.54, 1.807) is 16.5 Å². The highest BCUT2D eigenvalue weighted by Gasteiger charge is 2.15. The minimum atomic E-state index is 0.272. The highest BCUT2D eigenvalue weighted by Crippen LogP contribution is 2.28. The van der Waals surface area contributed by atoms with Crippen molar-refractivity contribution in [3.05, 3.63) is 34.6 Å². The SMILES string of the molecule is Cc1nc(Cl)cc2nnc(-c3ccoc3Cl)n12. The molecule has 0 aromatic carbocycles. The van der Waals surface area contributed by atoms with Gasteiger partial charge in [-0.15, -0.1) is 10.2 Å². The highest BCUT2D eigenvalue weighted by molar-refractivity contribution is 6.31. The van der Waals surface area contributed by atoms with E-state index >= 15 is 0 Å². The first-order valence-electron chi connectivity index (χ1n) is 4.78. The van der Waals surface area contributed by atoms with Gasteiger partial charge in [0.2, 0.25) is 5.22 Å². The van der Waals surface area contributed by atoms with Crippen LogP contribution in [0.3, 0.4) is 0 Å². The van der Waals surface area contributed by atoms with E-state index in [4.69, 9.17) is 27.6 Å². The van der Waals surface area contributed by atoms with Gasteiger partial charge in [-0.1, -0.05) is 11.6 Å². The Morgan fingerprint density at radius 1 is 1.29 bits per heavy atom. The zero-order valence-electron chi connectivity index (χ0n) is 8.69. The third-order valence-electron chi connectivity index (χ3n) is 2.39. The van der Waals surface area contributed by atoms with Crippen LogP contribution in [0.1, 0.15) is 5.82 Å². The molecule has 86 valence electrons. The maximum atomic E-state index is 5.92. The van der Waals surface area contributed by atoms with Crippen LogP contribution < -0.4 is 0 Å². The first-order chi connectivity index (χ1) is 8.16. The number of furan rings is 1. The molecule has 0 radical (unpaired) electrons. The number of rotatable bonds is 1. The van der Waals surface area contributed by atoms with Crippen LogP contribution in [0.4, 0.5) is 0 Å². The smallest absolute Gasteiger partial charge is 0.204 e. The van der Waals surface area contributed by atoms with Crippen LogP contribution in [0.2, 0.25) is 10.4 Å². The van der Waals surface area contributed by atoms with Crippen LogP contribution in [-0.4, -0.2) is 19.6 Å². The Balaban J connectivity index is 2.36. The average Bonchev–Trinajstić information content (AvgIpc) is 2.83. The van der Waals surface area contributed by atoms with Gasteiger partial charge < -0.3 is 4.42 Å². The maximum Gasteiger partial charge on any atom is 0.204 e. The van der Waals surface area contributed by atoms with Crippen LogP contribution >= 0.6 is 23.2 Å². The van der Waals surface area contributed by atoms with Gasteiger partial charge in [0, 0.05) is 6.07 Å². The summed E-state index contributed by atoms with van der Waals surface area (Å²) in [5, 5.41) is 8.75. The Hall–Kier alpha value is -1.59. The monoisotopic (exact) mass is 268 g/mol. The van der Waals surface area contributed by atoms with Crippen molar-refractivity contribution in [3.63, 3.8) is 0 Å². The lowest BCUT2D eigenvalue weighted by atomic mass is 10.3. The maximum absolute atomic E-state index is 5.92. The molecule has 0 spiro atoms. The molecule has 0 bridgehead atoms. The minimum absolute atomic E-state index is 0.272. The molecule has 3 aromatic heterocycles.